The molecule has 0 spiro atoms. The number of H-pyrrole nitrogens is 1. The lowest BCUT2D eigenvalue weighted by molar-refractivity contribution is 0.248. The lowest BCUT2D eigenvalue weighted by Gasteiger charge is -2.36. The summed E-state index contributed by atoms with van der Waals surface area (Å²) >= 11 is 0. The van der Waals surface area contributed by atoms with Gasteiger partial charge in [-0.15, -0.1) is 0 Å². The molecular formula is C22H25N3O2S. The molecule has 146 valence electrons. The maximum absolute atomic E-state index is 13.1. The Kier molecular flexibility index (Phi) is 4.40. The van der Waals surface area contributed by atoms with Crippen molar-refractivity contribution >= 4 is 26.4 Å². The number of para-hydroxylation sites is 1. The van der Waals surface area contributed by atoms with E-state index in [-0.39, 0.29) is 0 Å². The summed E-state index contributed by atoms with van der Waals surface area (Å²) in [6.45, 7) is 5.34. The third-order valence-electron chi connectivity index (χ3n) is 5.92. The van der Waals surface area contributed by atoms with E-state index >= 15 is 0 Å². The first-order chi connectivity index (χ1) is 13.6. The molecule has 0 radical (unpaired) electrons. The molecule has 1 N–H and O–H groups in total. The van der Waals surface area contributed by atoms with Crippen LogP contribution in [0, 0.1) is 5.92 Å². The number of piperazine rings is 1. The van der Waals surface area contributed by atoms with Crippen LogP contribution in [0.25, 0.3) is 10.9 Å². The van der Waals surface area contributed by atoms with Crippen LogP contribution in [0.4, 0.5) is 5.69 Å². The lowest BCUT2D eigenvalue weighted by atomic mass is 10.2. The largest absolute Gasteiger partial charge is 0.367 e. The molecule has 2 fully saturated rings. The third kappa shape index (κ3) is 3.20. The van der Waals surface area contributed by atoms with E-state index in [9.17, 15) is 8.42 Å². The van der Waals surface area contributed by atoms with Crippen molar-refractivity contribution in [2.24, 2.45) is 5.92 Å². The van der Waals surface area contributed by atoms with E-state index < -0.39 is 9.84 Å². The number of anilines is 1. The first-order valence-electron chi connectivity index (χ1n) is 10.0. The van der Waals surface area contributed by atoms with E-state index in [4.69, 9.17) is 0 Å². The maximum atomic E-state index is 13.1. The molecular weight excluding hydrogens is 370 g/mol. The topological polar surface area (TPSA) is 56.4 Å². The van der Waals surface area contributed by atoms with Crippen molar-refractivity contribution in [2.75, 3.05) is 37.6 Å². The van der Waals surface area contributed by atoms with Crippen LogP contribution >= 0.6 is 0 Å². The van der Waals surface area contributed by atoms with E-state index in [1.807, 2.05) is 18.2 Å². The third-order valence-corrected chi connectivity index (χ3v) is 7.73. The van der Waals surface area contributed by atoms with Crippen LogP contribution in [-0.2, 0) is 9.84 Å². The highest BCUT2D eigenvalue weighted by molar-refractivity contribution is 7.91. The fourth-order valence-corrected chi connectivity index (χ4v) is 5.61. The van der Waals surface area contributed by atoms with Gasteiger partial charge in [0.15, 0.2) is 0 Å². The molecule has 0 amide bonds. The highest BCUT2D eigenvalue weighted by Crippen LogP contribution is 2.34. The predicted octanol–water partition coefficient (Wildman–Crippen LogP) is 3.53. The van der Waals surface area contributed by atoms with E-state index in [1.54, 1.807) is 30.5 Å². The lowest BCUT2D eigenvalue weighted by Crippen LogP contribution is -2.47. The smallest absolute Gasteiger partial charge is 0.208 e. The van der Waals surface area contributed by atoms with Crippen molar-refractivity contribution < 1.29 is 8.42 Å². The van der Waals surface area contributed by atoms with Crippen LogP contribution in [0.2, 0.25) is 0 Å². The van der Waals surface area contributed by atoms with Crippen molar-refractivity contribution in [1.29, 1.82) is 0 Å². The molecule has 0 unspecified atom stereocenters. The van der Waals surface area contributed by atoms with Crippen molar-refractivity contribution in [3.63, 3.8) is 0 Å². The summed E-state index contributed by atoms with van der Waals surface area (Å²) in [6.07, 6.45) is 4.42. The second-order valence-corrected chi connectivity index (χ2v) is 9.82. The van der Waals surface area contributed by atoms with Crippen LogP contribution in [-0.4, -0.2) is 51.0 Å². The molecule has 2 heterocycles. The Morgan fingerprint density at radius 2 is 1.68 bits per heavy atom. The summed E-state index contributed by atoms with van der Waals surface area (Å²) in [5.74, 6) is 0.921. The predicted molar refractivity (Wildman–Crippen MR) is 112 cm³/mol. The maximum Gasteiger partial charge on any atom is 0.208 e. The summed E-state index contributed by atoms with van der Waals surface area (Å²) in [7, 11) is -3.54. The zero-order valence-electron chi connectivity index (χ0n) is 15.8. The molecule has 28 heavy (non-hydrogen) atoms. The Balaban J connectivity index is 1.45. The average Bonchev–Trinajstić information content (AvgIpc) is 3.43. The van der Waals surface area contributed by atoms with Gasteiger partial charge in [0.05, 0.1) is 21.0 Å². The molecule has 5 rings (SSSR count). The van der Waals surface area contributed by atoms with Gasteiger partial charge in [-0.05, 0) is 37.0 Å². The number of nitrogens with zero attached hydrogens (tertiary/aromatic N) is 2. The van der Waals surface area contributed by atoms with Gasteiger partial charge in [0.25, 0.3) is 0 Å². The van der Waals surface area contributed by atoms with E-state index in [1.165, 1.54) is 19.4 Å². The van der Waals surface area contributed by atoms with E-state index in [0.717, 1.165) is 48.7 Å². The number of rotatable bonds is 5. The second kappa shape index (κ2) is 6.94. The fourth-order valence-electron chi connectivity index (χ4n) is 4.16. The van der Waals surface area contributed by atoms with Gasteiger partial charge in [0.2, 0.25) is 9.84 Å². The van der Waals surface area contributed by atoms with Crippen molar-refractivity contribution in [1.82, 2.24) is 9.88 Å². The Morgan fingerprint density at radius 3 is 2.39 bits per heavy atom. The highest BCUT2D eigenvalue weighted by Gasteiger charge is 2.28. The van der Waals surface area contributed by atoms with Gasteiger partial charge in [0, 0.05) is 44.3 Å². The Hall–Kier alpha value is -2.31. The van der Waals surface area contributed by atoms with Crippen molar-refractivity contribution in [3.05, 3.63) is 54.7 Å². The normalized spacial score (nSPS) is 18.6. The summed E-state index contributed by atoms with van der Waals surface area (Å²) in [6, 6.07) is 14.6. The molecule has 1 aromatic heterocycles. The number of sulfone groups is 1. The number of aromatic amines is 1. The molecule has 3 aromatic rings. The standard InChI is InChI=1S/C22H25N3O2S/c26-28(27,18-5-2-1-3-6-18)21-15-23-22-19(21)7-4-8-20(22)25-13-11-24(12-14-25)16-17-9-10-17/h1-8,15,17,23H,9-14,16H2. The molecule has 5 nitrogen and oxygen atoms in total. The molecule has 1 aliphatic heterocycles. The number of benzene rings is 2. The molecule has 2 aromatic carbocycles. The van der Waals surface area contributed by atoms with Crippen LogP contribution in [0.15, 0.2) is 64.5 Å². The van der Waals surface area contributed by atoms with E-state index in [0.29, 0.717) is 9.79 Å². The van der Waals surface area contributed by atoms with Crippen LogP contribution in [0.1, 0.15) is 12.8 Å². The monoisotopic (exact) mass is 395 g/mol. The minimum Gasteiger partial charge on any atom is -0.367 e. The van der Waals surface area contributed by atoms with Crippen LogP contribution in [0.5, 0.6) is 0 Å². The number of fused-ring (bicyclic) bond motifs is 1. The highest BCUT2D eigenvalue weighted by atomic mass is 32.2. The molecule has 0 atom stereocenters. The minimum atomic E-state index is -3.54. The van der Waals surface area contributed by atoms with E-state index in [2.05, 4.69) is 20.9 Å². The van der Waals surface area contributed by atoms with Crippen LogP contribution < -0.4 is 4.90 Å². The van der Waals surface area contributed by atoms with Crippen molar-refractivity contribution in [3.8, 4) is 0 Å². The second-order valence-electron chi connectivity index (χ2n) is 7.90. The minimum absolute atomic E-state index is 0.329. The summed E-state index contributed by atoms with van der Waals surface area (Å²) in [5.41, 5.74) is 2.01. The number of hydrogen-bond acceptors (Lipinski definition) is 4. The average molecular weight is 396 g/mol. The van der Waals surface area contributed by atoms with Gasteiger partial charge in [-0.1, -0.05) is 30.3 Å². The Morgan fingerprint density at radius 1 is 0.929 bits per heavy atom. The number of nitrogens with one attached hydrogen (secondary N) is 1. The first kappa shape index (κ1) is 17.8. The Bertz CT molecular complexity index is 1080. The summed E-state index contributed by atoms with van der Waals surface area (Å²) in [5, 5.41) is 0.766. The van der Waals surface area contributed by atoms with Gasteiger partial charge in [-0.2, -0.15) is 0 Å². The zero-order valence-corrected chi connectivity index (χ0v) is 16.7. The van der Waals surface area contributed by atoms with Gasteiger partial charge in [-0.25, -0.2) is 8.42 Å². The molecule has 1 saturated carbocycles. The first-order valence-corrected chi connectivity index (χ1v) is 11.5. The quantitative estimate of drug-likeness (QED) is 0.718. The van der Waals surface area contributed by atoms with Gasteiger partial charge >= 0.3 is 0 Å². The SMILES string of the molecule is O=S(=O)(c1ccccc1)c1c[nH]c2c(N3CCN(CC4CC4)CC3)cccc12. The molecule has 0 bridgehead atoms. The van der Waals surface area contributed by atoms with Gasteiger partial charge in [0.1, 0.15) is 0 Å². The van der Waals surface area contributed by atoms with Crippen LogP contribution in [0.3, 0.4) is 0 Å². The van der Waals surface area contributed by atoms with Gasteiger partial charge in [-0.3, -0.25) is 4.90 Å². The van der Waals surface area contributed by atoms with Gasteiger partial charge < -0.3 is 9.88 Å². The summed E-state index contributed by atoms with van der Waals surface area (Å²) in [4.78, 5) is 8.87. The molecule has 1 aliphatic carbocycles. The zero-order chi connectivity index (χ0) is 19.1. The Labute approximate surface area is 165 Å². The van der Waals surface area contributed by atoms with Crippen molar-refractivity contribution in [2.45, 2.75) is 22.6 Å². The molecule has 6 heteroatoms. The number of aromatic nitrogens is 1. The molecule has 1 saturated heterocycles. The number of hydrogen-bond donors (Lipinski definition) is 1. The molecule has 2 aliphatic rings. The summed E-state index contributed by atoms with van der Waals surface area (Å²) < 4.78 is 26.2. The fraction of sp³-hybridized carbons (Fsp3) is 0.364.